The van der Waals surface area contributed by atoms with Crippen molar-refractivity contribution in [3.8, 4) is 28.5 Å². The molecule has 150 valence electrons. The first-order valence-electron chi connectivity index (χ1n) is 8.87. The fourth-order valence-electron chi connectivity index (χ4n) is 2.73. The van der Waals surface area contributed by atoms with Gasteiger partial charge >= 0.3 is 0 Å². The fraction of sp³-hybridized carbons (Fsp3) is 0. The summed E-state index contributed by atoms with van der Waals surface area (Å²) in [6.45, 7) is 0. The molecule has 0 fully saturated rings. The number of phenols is 3. The van der Waals surface area contributed by atoms with Crippen molar-refractivity contribution in [1.82, 2.24) is 4.68 Å². The van der Waals surface area contributed by atoms with Crippen LogP contribution in [0.25, 0.3) is 11.3 Å². The second-order valence-electron chi connectivity index (χ2n) is 6.29. The van der Waals surface area contributed by atoms with E-state index in [1.165, 1.54) is 29.7 Å². The molecule has 3 aromatic carbocycles. The summed E-state index contributed by atoms with van der Waals surface area (Å²) in [5, 5.41) is 36.4. The predicted octanol–water partition coefficient (Wildman–Crippen LogP) is 5.10. The van der Waals surface area contributed by atoms with E-state index in [2.05, 4.69) is 10.1 Å². The average Bonchev–Trinajstić information content (AvgIpc) is 3.16. The predicted molar refractivity (Wildman–Crippen MR) is 119 cm³/mol. The third kappa shape index (κ3) is 4.07. The lowest BCUT2D eigenvalue weighted by Gasteiger charge is -2.05. The first kappa shape index (κ1) is 19.8. The van der Waals surface area contributed by atoms with Crippen molar-refractivity contribution in [3.05, 3.63) is 87.5 Å². The molecule has 0 saturated heterocycles. The third-order valence-electron chi connectivity index (χ3n) is 4.28. The number of aromatic hydroxyl groups is 3. The molecule has 1 aromatic heterocycles. The third-order valence-corrected chi connectivity index (χ3v) is 5.35. The molecule has 0 spiro atoms. The van der Waals surface area contributed by atoms with Crippen molar-refractivity contribution in [2.45, 2.75) is 0 Å². The molecular weight excluding hydrogens is 422 g/mol. The molecule has 0 aliphatic rings. The molecule has 0 bridgehead atoms. The van der Waals surface area contributed by atoms with Crippen molar-refractivity contribution in [2.24, 2.45) is 10.1 Å². The standard InChI is InChI=1S/C22H16ClN3O3S/c23-16-7-9-17(10-8-16)25-22-26(18(13-30-22)14-4-2-1-3-5-14)24-12-15-6-11-19(27)21(29)20(15)28/h1-13,27-29H/b24-12+,25-22-. The molecule has 0 aliphatic heterocycles. The van der Waals surface area contributed by atoms with E-state index in [1.54, 1.807) is 16.8 Å². The smallest absolute Gasteiger partial charge is 0.211 e. The van der Waals surface area contributed by atoms with Gasteiger partial charge < -0.3 is 15.3 Å². The fourth-order valence-corrected chi connectivity index (χ4v) is 3.71. The van der Waals surface area contributed by atoms with Gasteiger partial charge in [-0.05, 0) is 36.4 Å². The number of thiazole rings is 1. The number of benzene rings is 3. The number of nitrogens with zero attached hydrogens (tertiary/aromatic N) is 3. The number of hydrogen-bond donors (Lipinski definition) is 3. The van der Waals surface area contributed by atoms with Gasteiger partial charge in [0.15, 0.2) is 11.5 Å². The van der Waals surface area contributed by atoms with Crippen LogP contribution in [0, 0.1) is 0 Å². The lowest BCUT2D eigenvalue weighted by Crippen LogP contribution is -2.11. The van der Waals surface area contributed by atoms with Crippen molar-refractivity contribution >= 4 is 34.8 Å². The summed E-state index contributed by atoms with van der Waals surface area (Å²) in [5.74, 6) is -1.45. The van der Waals surface area contributed by atoms with Crippen molar-refractivity contribution < 1.29 is 15.3 Å². The molecule has 3 N–H and O–H groups in total. The molecule has 6 nitrogen and oxygen atoms in total. The Morgan fingerprint density at radius 1 is 0.867 bits per heavy atom. The molecule has 0 aliphatic carbocycles. The minimum Gasteiger partial charge on any atom is -0.504 e. The second-order valence-corrected chi connectivity index (χ2v) is 7.56. The van der Waals surface area contributed by atoms with Gasteiger partial charge in [-0.25, -0.2) is 9.67 Å². The summed E-state index contributed by atoms with van der Waals surface area (Å²) < 4.78 is 1.65. The highest BCUT2D eigenvalue weighted by Crippen LogP contribution is 2.36. The maximum atomic E-state index is 10.1. The SMILES string of the molecule is Oc1ccc(/C=N/n2c(-c3ccccc3)cs/c2=N\c2ccc(Cl)cc2)c(O)c1O. The first-order valence-corrected chi connectivity index (χ1v) is 10.1. The van der Waals surface area contributed by atoms with Crippen LogP contribution in [-0.2, 0) is 0 Å². The molecule has 0 atom stereocenters. The zero-order valence-electron chi connectivity index (χ0n) is 15.5. The van der Waals surface area contributed by atoms with Gasteiger partial charge in [0.25, 0.3) is 0 Å². The molecule has 8 heteroatoms. The van der Waals surface area contributed by atoms with E-state index in [0.717, 1.165) is 16.9 Å². The number of aromatic nitrogens is 1. The average molecular weight is 438 g/mol. The van der Waals surface area contributed by atoms with E-state index in [1.807, 2.05) is 47.8 Å². The van der Waals surface area contributed by atoms with Gasteiger partial charge in [0, 0.05) is 21.5 Å². The number of phenolic OH excluding ortho intramolecular Hbond substituents is 3. The molecule has 0 saturated carbocycles. The summed E-state index contributed by atoms with van der Waals surface area (Å²) in [7, 11) is 0. The van der Waals surface area contributed by atoms with Crippen molar-refractivity contribution in [2.75, 3.05) is 0 Å². The highest BCUT2D eigenvalue weighted by atomic mass is 35.5. The number of rotatable bonds is 4. The molecule has 4 rings (SSSR count). The Morgan fingerprint density at radius 2 is 1.60 bits per heavy atom. The summed E-state index contributed by atoms with van der Waals surface area (Å²) in [5.41, 5.74) is 2.73. The molecule has 1 heterocycles. The summed E-state index contributed by atoms with van der Waals surface area (Å²) in [4.78, 5) is 5.26. The van der Waals surface area contributed by atoms with E-state index in [-0.39, 0.29) is 5.56 Å². The minimum atomic E-state index is -0.594. The second kappa shape index (κ2) is 8.44. The van der Waals surface area contributed by atoms with Gasteiger partial charge in [0.2, 0.25) is 10.6 Å². The van der Waals surface area contributed by atoms with Crippen molar-refractivity contribution in [1.29, 1.82) is 0 Å². The van der Waals surface area contributed by atoms with E-state index < -0.39 is 17.2 Å². The highest BCUT2D eigenvalue weighted by Gasteiger charge is 2.11. The van der Waals surface area contributed by atoms with Gasteiger partial charge in [-0.1, -0.05) is 41.9 Å². The van der Waals surface area contributed by atoms with E-state index >= 15 is 0 Å². The van der Waals surface area contributed by atoms with Gasteiger partial charge in [-0.2, -0.15) is 5.10 Å². The zero-order valence-corrected chi connectivity index (χ0v) is 17.0. The molecular formula is C22H16ClN3O3S. The lowest BCUT2D eigenvalue weighted by molar-refractivity contribution is 0.367. The topological polar surface area (TPSA) is 90.3 Å². The lowest BCUT2D eigenvalue weighted by atomic mass is 10.2. The normalized spacial score (nSPS) is 12.0. The van der Waals surface area contributed by atoms with Crippen LogP contribution in [-0.4, -0.2) is 26.2 Å². The molecule has 0 radical (unpaired) electrons. The Bertz CT molecular complexity index is 1280. The van der Waals surface area contributed by atoms with Gasteiger partial charge in [-0.3, -0.25) is 0 Å². The molecule has 4 aromatic rings. The van der Waals surface area contributed by atoms with Crippen LogP contribution in [0.2, 0.25) is 5.02 Å². The Labute approximate surface area is 180 Å². The maximum Gasteiger partial charge on any atom is 0.211 e. The summed E-state index contributed by atoms with van der Waals surface area (Å²) in [6.07, 6.45) is 1.40. The van der Waals surface area contributed by atoms with E-state index in [9.17, 15) is 15.3 Å². The summed E-state index contributed by atoms with van der Waals surface area (Å²) >= 11 is 7.37. The number of hydrogen-bond acceptors (Lipinski definition) is 6. The monoisotopic (exact) mass is 437 g/mol. The molecule has 30 heavy (non-hydrogen) atoms. The highest BCUT2D eigenvalue weighted by molar-refractivity contribution is 7.07. The minimum absolute atomic E-state index is 0.250. The molecule has 0 unspecified atom stereocenters. The van der Waals surface area contributed by atoms with Crippen LogP contribution < -0.4 is 4.80 Å². The Kier molecular flexibility index (Phi) is 5.56. The first-order chi connectivity index (χ1) is 14.5. The Hall–Kier alpha value is -3.55. The molecule has 0 amide bonds. The van der Waals surface area contributed by atoms with E-state index in [0.29, 0.717) is 9.82 Å². The Balaban J connectivity index is 1.85. The van der Waals surface area contributed by atoms with Crippen LogP contribution in [0.5, 0.6) is 17.2 Å². The van der Waals surface area contributed by atoms with Crippen LogP contribution >= 0.6 is 22.9 Å². The maximum absolute atomic E-state index is 10.1. The van der Waals surface area contributed by atoms with Gasteiger partial charge in [-0.15, -0.1) is 11.3 Å². The van der Waals surface area contributed by atoms with E-state index in [4.69, 9.17) is 11.6 Å². The quantitative estimate of drug-likeness (QED) is 0.306. The summed E-state index contributed by atoms with van der Waals surface area (Å²) in [6, 6.07) is 19.6. The Morgan fingerprint density at radius 3 is 2.33 bits per heavy atom. The van der Waals surface area contributed by atoms with Crippen LogP contribution in [0.1, 0.15) is 5.56 Å². The largest absolute Gasteiger partial charge is 0.504 e. The van der Waals surface area contributed by atoms with Crippen LogP contribution in [0.3, 0.4) is 0 Å². The zero-order chi connectivity index (χ0) is 21.1. The number of halogens is 1. The van der Waals surface area contributed by atoms with Gasteiger partial charge in [0.1, 0.15) is 0 Å². The van der Waals surface area contributed by atoms with Crippen LogP contribution in [0.15, 0.2) is 82.2 Å². The van der Waals surface area contributed by atoms with Gasteiger partial charge in [0.05, 0.1) is 17.6 Å². The van der Waals surface area contributed by atoms with Crippen molar-refractivity contribution in [3.63, 3.8) is 0 Å². The van der Waals surface area contributed by atoms with Crippen LogP contribution in [0.4, 0.5) is 5.69 Å².